The van der Waals surface area contributed by atoms with Crippen molar-refractivity contribution in [3.63, 3.8) is 0 Å². The third kappa shape index (κ3) is 3.32. The Hall–Kier alpha value is -3.03. The van der Waals surface area contributed by atoms with Crippen LogP contribution in [0.4, 0.5) is 0 Å². The third-order valence-corrected chi connectivity index (χ3v) is 3.72. The maximum atomic E-state index is 12.1. The molecule has 0 aliphatic carbocycles. The number of aromatic hydroxyl groups is 2. The Morgan fingerprint density at radius 2 is 1.96 bits per heavy atom. The first-order valence-corrected chi connectivity index (χ1v) is 7.25. The van der Waals surface area contributed by atoms with Crippen molar-refractivity contribution in [3.05, 3.63) is 33.7 Å². The van der Waals surface area contributed by atoms with Gasteiger partial charge in [-0.1, -0.05) is 6.92 Å². The fourth-order valence-corrected chi connectivity index (χ4v) is 2.46. The van der Waals surface area contributed by atoms with E-state index in [2.05, 4.69) is 5.32 Å². The number of carbonyl (C=O) groups is 2. The molecule has 24 heavy (non-hydrogen) atoms. The van der Waals surface area contributed by atoms with Gasteiger partial charge in [-0.2, -0.15) is 0 Å². The van der Waals surface area contributed by atoms with Gasteiger partial charge >= 0.3 is 11.6 Å². The highest BCUT2D eigenvalue weighted by atomic mass is 16.4. The molecule has 0 saturated carbocycles. The van der Waals surface area contributed by atoms with Gasteiger partial charge in [0, 0.05) is 12.1 Å². The number of aliphatic carboxylic acids is 1. The minimum absolute atomic E-state index is 0.00358. The molecular weight excluding hydrogens is 318 g/mol. The summed E-state index contributed by atoms with van der Waals surface area (Å²) in [6.45, 7) is 3.15. The van der Waals surface area contributed by atoms with Crippen molar-refractivity contribution < 1.29 is 29.3 Å². The Morgan fingerprint density at radius 3 is 2.54 bits per heavy atom. The van der Waals surface area contributed by atoms with E-state index in [1.807, 2.05) is 0 Å². The highest BCUT2D eigenvalue weighted by Crippen LogP contribution is 2.32. The van der Waals surface area contributed by atoms with Crippen molar-refractivity contribution in [2.24, 2.45) is 0 Å². The van der Waals surface area contributed by atoms with E-state index in [1.54, 1.807) is 6.92 Å². The van der Waals surface area contributed by atoms with Crippen molar-refractivity contribution >= 4 is 22.8 Å². The minimum atomic E-state index is -1.17. The van der Waals surface area contributed by atoms with Gasteiger partial charge in [-0.3, -0.25) is 4.79 Å². The molecule has 128 valence electrons. The predicted molar refractivity (Wildman–Crippen MR) is 84.1 cm³/mol. The monoisotopic (exact) mass is 335 g/mol. The number of benzene rings is 1. The quantitative estimate of drug-likeness (QED) is 0.599. The zero-order valence-electron chi connectivity index (χ0n) is 13.1. The summed E-state index contributed by atoms with van der Waals surface area (Å²) in [6, 6.07) is 1.23. The molecule has 2 aromatic rings. The molecule has 1 aromatic carbocycles. The largest absolute Gasteiger partial charge is 0.508 e. The standard InChI is InChI=1S/C16H17NO7/c1-3-10(15(21)22)17-13(20)6-9-7(2)14-11(19)4-8(18)5-12(14)24-16(9)23/h4-5,10,18-19H,3,6H2,1-2H3,(H,17,20)(H,21,22). The lowest BCUT2D eigenvalue weighted by Crippen LogP contribution is -2.41. The topological polar surface area (TPSA) is 137 Å². The van der Waals surface area contributed by atoms with Gasteiger partial charge in [0.05, 0.1) is 17.4 Å². The number of phenolic OH excluding ortho intramolecular Hbond substituents is 2. The maximum absolute atomic E-state index is 12.1. The van der Waals surface area contributed by atoms with Crippen molar-refractivity contribution in [1.29, 1.82) is 0 Å². The second-order valence-corrected chi connectivity index (χ2v) is 5.37. The number of hydrogen-bond acceptors (Lipinski definition) is 6. The molecule has 0 spiro atoms. The molecule has 1 unspecified atom stereocenters. The molecule has 8 nitrogen and oxygen atoms in total. The first kappa shape index (κ1) is 17.3. The molecule has 0 aliphatic heterocycles. The van der Waals surface area contributed by atoms with Crippen molar-refractivity contribution in [3.8, 4) is 11.5 Å². The summed E-state index contributed by atoms with van der Waals surface area (Å²) in [5.41, 5.74) is -0.446. The number of amides is 1. The predicted octanol–water partition coefficient (Wildman–Crippen LogP) is 1.03. The van der Waals surface area contributed by atoms with E-state index >= 15 is 0 Å². The van der Waals surface area contributed by atoms with Gasteiger partial charge in [0.2, 0.25) is 5.91 Å². The number of carboxylic acids is 1. The summed E-state index contributed by atoms with van der Waals surface area (Å²) in [5.74, 6) is -2.36. The molecule has 1 amide bonds. The SMILES string of the molecule is CCC(NC(=O)Cc1c(C)c2c(O)cc(O)cc2oc1=O)C(=O)O. The molecule has 0 saturated heterocycles. The van der Waals surface area contributed by atoms with Gasteiger partial charge in [0.1, 0.15) is 23.1 Å². The summed E-state index contributed by atoms with van der Waals surface area (Å²) in [7, 11) is 0. The lowest BCUT2D eigenvalue weighted by molar-refractivity contribution is -0.141. The van der Waals surface area contributed by atoms with Crippen LogP contribution < -0.4 is 10.9 Å². The highest BCUT2D eigenvalue weighted by Gasteiger charge is 2.21. The van der Waals surface area contributed by atoms with E-state index in [0.717, 1.165) is 6.07 Å². The first-order chi connectivity index (χ1) is 11.2. The van der Waals surface area contributed by atoms with Gasteiger partial charge < -0.3 is 25.1 Å². The van der Waals surface area contributed by atoms with Gasteiger partial charge in [-0.25, -0.2) is 9.59 Å². The molecule has 2 rings (SSSR count). The molecule has 0 radical (unpaired) electrons. The fraction of sp³-hybridized carbons (Fsp3) is 0.312. The van der Waals surface area contributed by atoms with Crippen LogP contribution >= 0.6 is 0 Å². The maximum Gasteiger partial charge on any atom is 0.340 e. The number of nitrogens with one attached hydrogen (secondary N) is 1. The number of fused-ring (bicyclic) bond motifs is 1. The smallest absolute Gasteiger partial charge is 0.340 e. The highest BCUT2D eigenvalue weighted by molar-refractivity contribution is 5.90. The number of carbonyl (C=O) groups excluding carboxylic acids is 1. The number of carboxylic acid groups (broad SMARTS) is 1. The van der Waals surface area contributed by atoms with E-state index in [-0.39, 0.29) is 40.9 Å². The number of rotatable bonds is 5. The second kappa shape index (κ2) is 6.61. The van der Waals surface area contributed by atoms with Gasteiger partial charge in [-0.15, -0.1) is 0 Å². The third-order valence-electron chi connectivity index (χ3n) is 3.72. The molecule has 1 aromatic heterocycles. The molecule has 1 atom stereocenters. The van der Waals surface area contributed by atoms with Gasteiger partial charge in [0.15, 0.2) is 0 Å². The lowest BCUT2D eigenvalue weighted by atomic mass is 10.0. The molecule has 4 N–H and O–H groups in total. The first-order valence-electron chi connectivity index (χ1n) is 7.25. The minimum Gasteiger partial charge on any atom is -0.508 e. The Labute approximate surface area is 136 Å². The summed E-state index contributed by atoms with van der Waals surface area (Å²) in [4.78, 5) is 35.0. The second-order valence-electron chi connectivity index (χ2n) is 5.37. The Morgan fingerprint density at radius 1 is 1.29 bits per heavy atom. The van der Waals surface area contributed by atoms with Gasteiger partial charge in [0.25, 0.3) is 0 Å². The Balaban J connectivity index is 2.41. The fourth-order valence-electron chi connectivity index (χ4n) is 2.46. The average Bonchev–Trinajstić information content (AvgIpc) is 2.47. The average molecular weight is 335 g/mol. The number of hydrogen-bond donors (Lipinski definition) is 4. The van der Waals surface area contributed by atoms with Crippen LogP contribution in [-0.4, -0.2) is 33.2 Å². The summed E-state index contributed by atoms with van der Waals surface area (Å²) in [5, 5.41) is 30.9. The molecule has 0 aliphatic rings. The van der Waals surface area contributed by atoms with Crippen molar-refractivity contribution in [2.45, 2.75) is 32.7 Å². The van der Waals surface area contributed by atoms with Crippen LogP contribution in [0.2, 0.25) is 0 Å². The van der Waals surface area contributed by atoms with Crippen LogP contribution in [0.15, 0.2) is 21.3 Å². The number of phenols is 2. The molecule has 0 fully saturated rings. The lowest BCUT2D eigenvalue weighted by Gasteiger charge is -2.13. The van der Waals surface area contributed by atoms with E-state index in [9.17, 15) is 24.6 Å². The van der Waals surface area contributed by atoms with Crippen LogP contribution in [0.3, 0.4) is 0 Å². The van der Waals surface area contributed by atoms with Crippen LogP contribution in [0.1, 0.15) is 24.5 Å². The van der Waals surface area contributed by atoms with Crippen molar-refractivity contribution in [1.82, 2.24) is 5.32 Å². The Bertz CT molecular complexity index is 869. The zero-order valence-corrected chi connectivity index (χ0v) is 13.1. The van der Waals surface area contributed by atoms with Crippen molar-refractivity contribution in [2.75, 3.05) is 0 Å². The van der Waals surface area contributed by atoms with Crippen LogP contribution in [0, 0.1) is 6.92 Å². The summed E-state index contributed by atoms with van der Waals surface area (Å²) in [6.07, 6.45) is -0.180. The van der Waals surface area contributed by atoms with E-state index in [0.29, 0.717) is 5.56 Å². The molecular formula is C16H17NO7. The van der Waals surface area contributed by atoms with Crippen LogP contribution in [0.5, 0.6) is 11.5 Å². The van der Waals surface area contributed by atoms with Crippen LogP contribution in [0.25, 0.3) is 11.0 Å². The van der Waals surface area contributed by atoms with E-state index < -0.39 is 23.5 Å². The summed E-state index contributed by atoms with van der Waals surface area (Å²) < 4.78 is 5.04. The normalized spacial score (nSPS) is 12.1. The molecule has 8 heteroatoms. The van der Waals surface area contributed by atoms with E-state index in [1.165, 1.54) is 13.0 Å². The Kier molecular flexibility index (Phi) is 4.77. The summed E-state index contributed by atoms with van der Waals surface area (Å²) >= 11 is 0. The molecule has 1 heterocycles. The molecule has 0 bridgehead atoms. The van der Waals surface area contributed by atoms with E-state index in [4.69, 9.17) is 9.52 Å². The number of aryl methyl sites for hydroxylation is 1. The van der Waals surface area contributed by atoms with Crippen LogP contribution in [-0.2, 0) is 16.0 Å². The zero-order chi connectivity index (χ0) is 18.0. The van der Waals surface area contributed by atoms with Gasteiger partial charge in [-0.05, 0) is 18.9 Å².